The molecule has 0 atom stereocenters. The maximum atomic E-state index is 12.2. The van der Waals surface area contributed by atoms with Gasteiger partial charge >= 0.3 is 0 Å². The first-order valence-corrected chi connectivity index (χ1v) is 10.6. The van der Waals surface area contributed by atoms with Crippen molar-refractivity contribution in [3.05, 3.63) is 82.5 Å². The molecule has 0 spiro atoms. The Bertz CT molecular complexity index is 940. The Kier molecular flexibility index (Phi) is 8.05. The zero-order valence-electron chi connectivity index (χ0n) is 19.2. The number of allylic oxidation sites excluding steroid dienone is 9. The number of carbonyl (C=O) groups is 1. The van der Waals surface area contributed by atoms with E-state index in [2.05, 4.69) is 51.2 Å². The predicted octanol–water partition coefficient (Wildman–Crippen LogP) is 7.17. The van der Waals surface area contributed by atoms with E-state index in [1.807, 2.05) is 26.0 Å². The SMILES string of the molecule is CC(C=CC1=C(C)CCCC1(C)C)=CC=CC(C)=CC(=O)Nc1ccc(O)cc1C. The maximum Gasteiger partial charge on any atom is 0.248 e. The van der Waals surface area contributed by atoms with Crippen LogP contribution in [0.5, 0.6) is 5.75 Å². The molecule has 3 nitrogen and oxygen atoms in total. The number of aromatic hydroxyl groups is 1. The molecular weight excluding hydrogens is 370 g/mol. The van der Waals surface area contributed by atoms with Crippen LogP contribution in [0.15, 0.2) is 76.9 Å². The first-order chi connectivity index (χ1) is 14.1. The van der Waals surface area contributed by atoms with Crippen molar-refractivity contribution < 1.29 is 9.90 Å². The first-order valence-electron chi connectivity index (χ1n) is 10.6. The lowest BCUT2D eigenvalue weighted by Crippen LogP contribution is -2.19. The molecule has 0 saturated carbocycles. The van der Waals surface area contributed by atoms with Gasteiger partial charge in [-0.15, -0.1) is 0 Å². The van der Waals surface area contributed by atoms with Gasteiger partial charge in [-0.25, -0.2) is 0 Å². The Morgan fingerprint density at radius 2 is 1.87 bits per heavy atom. The number of nitrogens with one attached hydrogen (secondary N) is 1. The van der Waals surface area contributed by atoms with Gasteiger partial charge in [0.25, 0.3) is 0 Å². The molecule has 30 heavy (non-hydrogen) atoms. The summed E-state index contributed by atoms with van der Waals surface area (Å²) in [5.74, 6) is 0.00309. The summed E-state index contributed by atoms with van der Waals surface area (Å²) in [5.41, 5.74) is 6.76. The van der Waals surface area contributed by atoms with E-state index >= 15 is 0 Å². The molecule has 0 heterocycles. The molecule has 160 valence electrons. The minimum Gasteiger partial charge on any atom is -0.508 e. The number of amides is 1. The standard InChI is InChI=1S/C27H35NO2/c1-19(12-14-24-21(3)11-8-16-27(24,5)6)9-7-10-20(2)17-26(30)28-25-15-13-23(29)18-22(25)4/h7,9-10,12-15,17-18,29H,8,11,16H2,1-6H3,(H,28,30). The van der Waals surface area contributed by atoms with Gasteiger partial charge in [-0.2, -0.15) is 0 Å². The van der Waals surface area contributed by atoms with Crippen molar-refractivity contribution in [2.24, 2.45) is 5.41 Å². The highest BCUT2D eigenvalue weighted by molar-refractivity contribution is 6.00. The second kappa shape index (κ2) is 10.3. The van der Waals surface area contributed by atoms with E-state index in [9.17, 15) is 9.90 Å². The van der Waals surface area contributed by atoms with Crippen LogP contribution in [0, 0.1) is 12.3 Å². The molecule has 1 aliphatic rings. The van der Waals surface area contributed by atoms with Crippen molar-refractivity contribution in [1.82, 2.24) is 0 Å². The quantitative estimate of drug-likeness (QED) is 0.299. The van der Waals surface area contributed by atoms with E-state index in [1.165, 1.54) is 36.0 Å². The fourth-order valence-electron chi connectivity index (χ4n) is 3.84. The van der Waals surface area contributed by atoms with Crippen LogP contribution in [0.25, 0.3) is 0 Å². The predicted molar refractivity (Wildman–Crippen MR) is 128 cm³/mol. The minimum absolute atomic E-state index is 0.187. The van der Waals surface area contributed by atoms with Crippen molar-refractivity contribution in [2.45, 2.75) is 60.8 Å². The van der Waals surface area contributed by atoms with Gasteiger partial charge in [0, 0.05) is 11.8 Å². The van der Waals surface area contributed by atoms with Crippen LogP contribution in [0.2, 0.25) is 0 Å². The highest BCUT2D eigenvalue weighted by Gasteiger charge is 2.26. The van der Waals surface area contributed by atoms with Gasteiger partial charge in [-0.05, 0) is 87.3 Å². The summed E-state index contributed by atoms with van der Waals surface area (Å²) in [5, 5.41) is 12.3. The third-order valence-corrected chi connectivity index (χ3v) is 5.60. The molecule has 0 radical (unpaired) electrons. The lowest BCUT2D eigenvalue weighted by atomic mass is 9.72. The number of rotatable bonds is 6. The smallest absolute Gasteiger partial charge is 0.248 e. The van der Waals surface area contributed by atoms with E-state index < -0.39 is 0 Å². The molecular formula is C27H35NO2. The summed E-state index contributed by atoms with van der Waals surface area (Å²) >= 11 is 0. The zero-order valence-corrected chi connectivity index (χ0v) is 19.2. The normalized spacial score (nSPS) is 17.8. The molecule has 0 bridgehead atoms. The summed E-state index contributed by atoms with van der Waals surface area (Å²) < 4.78 is 0. The molecule has 2 N–H and O–H groups in total. The molecule has 3 heteroatoms. The van der Waals surface area contributed by atoms with E-state index in [1.54, 1.807) is 24.3 Å². The number of anilines is 1. The van der Waals surface area contributed by atoms with E-state index in [0.717, 1.165) is 11.1 Å². The minimum atomic E-state index is -0.187. The van der Waals surface area contributed by atoms with Gasteiger partial charge in [0.15, 0.2) is 0 Å². The summed E-state index contributed by atoms with van der Waals surface area (Å²) in [6.07, 6.45) is 15.7. The number of carbonyl (C=O) groups excluding carboxylic acids is 1. The Hall–Kier alpha value is -2.81. The van der Waals surface area contributed by atoms with Crippen LogP contribution < -0.4 is 5.32 Å². The average molecular weight is 406 g/mol. The molecule has 2 rings (SSSR count). The van der Waals surface area contributed by atoms with Gasteiger partial charge in [0.1, 0.15) is 5.75 Å². The Morgan fingerprint density at radius 3 is 2.53 bits per heavy atom. The van der Waals surface area contributed by atoms with Crippen LogP contribution >= 0.6 is 0 Å². The average Bonchev–Trinajstić information content (AvgIpc) is 2.63. The first kappa shape index (κ1) is 23.5. The fraction of sp³-hybridized carbons (Fsp3) is 0.370. The summed E-state index contributed by atoms with van der Waals surface area (Å²) in [6.45, 7) is 12.7. The van der Waals surface area contributed by atoms with Gasteiger partial charge in [-0.3, -0.25) is 4.79 Å². The maximum absolute atomic E-state index is 12.2. The van der Waals surface area contributed by atoms with Crippen molar-refractivity contribution in [1.29, 1.82) is 0 Å². The highest BCUT2D eigenvalue weighted by Crippen LogP contribution is 2.40. The molecule has 1 amide bonds. The number of benzene rings is 1. The molecule has 0 unspecified atom stereocenters. The van der Waals surface area contributed by atoms with E-state index in [0.29, 0.717) is 5.69 Å². The van der Waals surface area contributed by atoms with Crippen molar-refractivity contribution in [3.8, 4) is 5.75 Å². The lowest BCUT2D eigenvalue weighted by molar-refractivity contribution is -0.111. The van der Waals surface area contributed by atoms with E-state index in [4.69, 9.17) is 0 Å². The lowest BCUT2D eigenvalue weighted by Gasteiger charge is -2.32. The van der Waals surface area contributed by atoms with Crippen molar-refractivity contribution >= 4 is 11.6 Å². The fourth-order valence-corrected chi connectivity index (χ4v) is 3.84. The topological polar surface area (TPSA) is 49.3 Å². The van der Waals surface area contributed by atoms with Crippen LogP contribution in [-0.4, -0.2) is 11.0 Å². The van der Waals surface area contributed by atoms with Crippen LogP contribution in [0.3, 0.4) is 0 Å². The summed E-state index contributed by atoms with van der Waals surface area (Å²) in [4.78, 5) is 12.2. The number of phenols is 1. The largest absolute Gasteiger partial charge is 0.508 e. The number of hydrogen-bond donors (Lipinski definition) is 2. The van der Waals surface area contributed by atoms with E-state index in [-0.39, 0.29) is 17.1 Å². The number of hydrogen-bond acceptors (Lipinski definition) is 2. The number of aryl methyl sites for hydroxylation is 1. The Morgan fingerprint density at radius 1 is 1.13 bits per heavy atom. The highest BCUT2D eigenvalue weighted by atomic mass is 16.3. The second-order valence-corrected chi connectivity index (χ2v) is 8.91. The molecule has 1 aromatic carbocycles. The number of phenolic OH excluding ortho intramolecular Hbond substituents is 1. The monoisotopic (exact) mass is 405 g/mol. The van der Waals surface area contributed by atoms with Crippen molar-refractivity contribution in [3.63, 3.8) is 0 Å². The van der Waals surface area contributed by atoms with Gasteiger partial charge in [0.2, 0.25) is 5.91 Å². The molecule has 0 fully saturated rings. The second-order valence-electron chi connectivity index (χ2n) is 8.91. The Labute approximate surface area is 181 Å². The molecule has 0 aliphatic heterocycles. The van der Waals surface area contributed by atoms with Crippen molar-refractivity contribution in [2.75, 3.05) is 5.32 Å². The zero-order chi connectivity index (χ0) is 22.3. The van der Waals surface area contributed by atoms with Crippen LogP contribution in [-0.2, 0) is 4.79 Å². The third kappa shape index (κ3) is 6.91. The van der Waals surface area contributed by atoms with Gasteiger partial charge in [0.05, 0.1) is 0 Å². The van der Waals surface area contributed by atoms with Crippen LogP contribution in [0.1, 0.15) is 59.4 Å². The molecule has 1 aliphatic carbocycles. The van der Waals surface area contributed by atoms with Gasteiger partial charge in [-0.1, -0.05) is 55.4 Å². The Balaban J connectivity index is 1.98. The molecule has 1 aromatic rings. The summed E-state index contributed by atoms with van der Waals surface area (Å²) in [7, 11) is 0. The molecule has 0 aromatic heterocycles. The van der Waals surface area contributed by atoms with Crippen LogP contribution in [0.4, 0.5) is 5.69 Å². The summed E-state index contributed by atoms with van der Waals surface area (Å²) in [6, 6.07) is 4.89. The van der Waals surface area contributed by atoms with Gasteiger partial charge < -0.3 is 10.4 Å². The third-order valence-electron chi connectivity index (χ3n) is 5.60. The molecule has 0 saturated heterocycles.